The molecule has 0 aliphatic carbocycles. The molecule has 0 aliphatic heterocycles. The van der Waals surface area contributed by atoms with Crippen molar-refractivity contribution < 1.29 is 4.79 Å². The number of rotatable bonds is 7. The Labute approximate surface area is 94.4 Å². The Morgan fingerprint density at radius 2 is 1.93 bits per heavy atom. The third-order valence-electron chi connectivity index (χ3n) is 2.82. The van der Waals surface area contributed by atoms with Crippen LogP contribution in [0.1, 0.15) is 52.9 Å². The molecule has 1 atom stereocenters. The number of nitrogens with zero attached hydrogens (tertiary/aromatic N) is 1. The molecule has 0 saturated heterocycles. The molecule has 0 rings (SSSR count). The van der Waals surface area contributed by atoms with Crippen molar-refractivity contribution in [2.45, 2.75) is 58.9 Å². The normalized spacial score (nSPS) is 12.3. The minimum absolute atomic E-state index is 0.0676. The summed E-state index contributed by atoms with van der Waals surface area (Å²) in [4.78, 5) is 13.4. The first-order valence-electron chi connectivity index (χ1n) is 5.93. The van der Waals surface area contributed by atoms with E-state index < -0.39 is 0 Å². The molecule has 0 radical (unpaired) electrons. The predicted molar refractivity (Wildman–Crippen MR) is 65.8 cm³/mol. The molecule has 0 aromatic heterocycles. The average molecular weight is 211 g/mol. The highest BCUT2D eigenvalue weighted by Crippen LogP contribution is 2.11. The zero-order valence-electron chi connectivity index (χ0n) is 10.7. The summed E-state index contributed by atoms with van der Waals surface area (Å²) in [6.07, 6.45) is 6.13. The molecule has 2 nitrogen and oxygen atoms in total. The molecule has 88 valence electrons. The SMILES string of the molecule is C=C(C)C(=O)N(C)C(C)CCCCCC. The average Bonchev–Trinajstić information content (AvgIpc) is 2.21. The minimum Gasteiger partial charge on any atom is -0.339 e. The van der Waals surface area contributed by atoms with Crippen LogP contribution in [0.2, 0.25) is 0 Å². The van der Waals surface area contributed by atoms with Crippen molar-refractivity contribution >= 4 is 5.91 Å². The standard InChI is InChI=1S/C13H25NO/c1-6-7-8-9-10-12(4)14(5)13(15)11(2)3/h12H,2,6-10H2,1,3-5H3. The van der Waals surface area contributed by atoms with Gasteiger partial charge >= 0.3 is 0 Å². The predicted octanol–water partition coefficient (Wildman–Crippen LogP) is 3.38. The topological polar surface area (TPSA) is 20.3 Å². The summed E-state index contributed by atoms with van der Waals surface area (Å²) in [5.74, 6) is 0.0676. The molecule has 0 fully saturated rings. The van der Waals surface area contributed by atoms with Gasteiger partial charge in [-0.15, -0.1) is 0 Å². The molecule has 1 amide bonds. The van der Waals surface area contributed by atoms with Crippen molar-refractivity contribution in [3.05, 3.63) is 12.2 Å². The van der Waals surface area contributed by atoms with Gasteiger partial charge in [0.05, 0.1) is 0 Å². The fourth-order valence-corrected chi connectivity index (χ4v) is 1.56. The molecule has 0 aromatic carbocycles. The van der Waals surface area contributed by atoms with Crippen molar-refractivity contribution in [1.82, 2.24) is 4.90 Å². The Morgan fingerprint density at radius 3 is 2.40 bits per heavy atom. The first kappa shape index (κ1) is 14.2. The quantitative estimate of drug-likeness (QED) is 0.467. The molecule has 0 aromatic rings. The Hall–Kier alpha value is -0.790. The van der Waals surface area contributed by atoms with Crippen LogP contribution in [0.4, 0.5) is 0 Å². The van der Waals surface area contributed by atoms with Gasteiger partial charge in [-0.25, -0.2) is 0 Å². The van der Waals surface area contributed by atoms with Gasteiger partial charge in [-0.05, 0) is 20.3 Å². The lowest BCUT2D eigenvalue weighted by Gasteiger charge is -2.25. The maximum atomic E-state index is 11.6. The van der Waals surface area contributed by atoms with Crippen molar-refractivity contribution in [2.24, 2.45) is 0 Å². The lowest BCUT2D eigenvalue weighted by molar-refractivity contribution is -0.127. The third kappa shape index (κ3) is 5.60. The first-order valence-corrected chi connectivity index (χ1v) is 5.93. The van der Waals surface area contributed by atoms with Gasteiger partial charge in [0.1, 0.15) is 0 Å². The number of carbonyl (C=O) groups is 1. The molecule has 0 heterocycles. The molecular formula is C13H25NO. The van der Waals surface area contributed by atoms with E-state index in [1.165, 1.54) is 25.7 Å². The van der Waals surface area contributed by atoms with Gasteiger partial charge in [-0.1, -0.05) is 39.2 Å². The highest BCUT2D eigenvalue weighted by atomic mass is 16.2. The maximum absolute atomic E-state index is 11.6. The second-order valence-corrected chi connectivity index (χ2v) is 4.39. The molecule has 2 heteroatoms. The summed E-state index contributed by atoms with van der Waals surface area (Å²) in [5.41, 5.74) is 0.623. The van der Waals surface area contributed by atoms with Gasteiger partial charge in [0.2, 0.25) is 5.91 Å². The summed E-state index contributed by atoms with van der Waals surface area (Å²) < 4.78 is 0. The van der Waals surface area contributed by atoms with E-state index in [0.29, 0.717) is 11.6 Å². The highest BCUT2D eigenvalue weighted by Gasteiger charge is 2.15. The summed E-state index contributed by atoms with van der Waals surface area (Å²) in [6.45, 7) is 9.76. The van der Waals surface area contributed by atoms with Crippen LogP contribution >= 0.6 is 0 Å². The Bertz CT molecular complexity index is 211. The third-order valence-corrected chi connectivity index (χ3v) is 2.82. The fourth-order valence-electron chi connectivity index (χ4n) is 1.56. The van der Waals surface area contributed by atoms with Crippen LogP contribution in [0, 0.1) is 0 Å². The number of unbranched alkanes of at least 4 members (excludes halogenated alkanes) is 3. The van der Waals surface area contributed by atoms with Gasteiger partial charge in [-0.3, -0.25) is 4.79 Å². The van der Waals surface area contributed by atoms with Gasteiger partial charge in [0, 0.05) is 18.7 Å². The van der Waals surface area contributed by atoms with Crippen molar-refractivity contribution in [3.8, 4) is 0 Å². The van der Waals surface area contributed by atoms with E-state index in [0.717, 1.165) is 6.42 Å². The molecule has 0 saturated carbocycles. The minimum atomic E-state index is 0.0676. The van der Waals surface area contributed by atoms with Crippen LogP contribution in [0.3, 0.4) is 0 Å². The smallest absolute Gasteiger partial charge is 0.248 e. The van der Waals surface area contributed by atoms with Gasteiger partial charge < -0.3 is 4.90 Å². The van der Waals surface area contributed by atoms with Gasteiger partial charge in [-0.2, -0.15) is 0 Å². The lowest BCUT2D eigenvalue weighted by atomic mass is 10.1. The summed E-state index contributed by atoms with van der Waals surface area (Å²) in [5, 5.41) is 0. The van der Waals surface area contributed by atoms with Crippen LogP contribution in [0.15, 0.2) is 12.2 Å². The largest absolute Gasteiger partial charge is 0.339 e. The number of hydrogen-bond acceptors (Lipinski definition) is 1. The maximum Gasteiger partial charge on any atom is 0.248 e. The second kappa shape index (κ2) is 7.49. The number of likely N-dealkylation sites (N-methyl/N-ethyl adjacent to an activating group) is 1. The zero-order chi connectivity index (χ0) is 11.8. The Balaban J connectivity index is 3.83. The zero-order valence-corrected chi connectivity index (χ0v) is 10.7. The monoisotopic (exact) mass is 211 g/mol. The molecule has 1 unspecified atom stereocenters. The van der Waals surface area contributed by atoms with Gasteiger partial charge in [0.25, 0.3) is 0 Å². The van der Waals surface area contributed by atoms with Crippen LogP contribution in [0.25, 0.3) is 0 Å². The molecular weight excluding hydrogens is 186 g/mol. The molecule has 0 bridgehead atoms. The lowest BCUT2D eigenvalue weighted by Crippen LogP contribution is -2.35. The van der Waals surface area contributed by atoms with E-state index in [-0.39, 0.29) is 5.91 Å². The van der Waals surface area contributed by atoms with E-state index in [9.17, 15) is 4.79 Å². The number of carbonyl (C=O) groups excluding carboxylic acids is 1. The number of hydrogen-bond donors (Lipinski definition) is 0. The van der Waals surface area contributed by atoms with Crippen LogP contribution < -0.4 is 0 Å². The molecule has 0 aliphatic rings. The number of amides is 1. The fraction of sp³-hybridized carbons (Fsp3) is 0.769. The summed E-state index contributed by atoms with van der Waals surface area (Å²) in [6, 6.07) is 0.325. The van der Waals surface area contributed by atoms with E-state index in [2.05, 4.69) is 20.4 Å². The first-order chi connectivity index (χ1) is 7.00. The Kier molecular flexibility index (Phi) is 7.10. The molecule has 15 heavy (non-hydrogen) atoms. The van der Waals surface area contributed by atoms with Crippen molar-refractivity contribution in [3.63, 3.8) is 0 Å². The van der Waals surface area contributed by atoms with E-state index in [1.54, 1.807) is 11.8 Å². The van der Waals surface area contributed by atoms with E-state index in [1.807, 2.05) is 7.05 Å². The second-order valence-electron chi connectivity index (χ2n) is 4.39. The van der Waals surface area contributed by atoms with E-state index >= 15 is 0 Å². The van der Waals surface area contributed by atoms with Crippen molar-refractivity contribution in [1.29, 1.82) is 0 Å². The summed E-state index contributed by atoms with van der Waals surface area (Å²) >= 11 is 0. The van der Waals surface area contributed by atoms with E-state index in [4.69, 9.17) is 0 Å². The molecule has 0 spiro atoms. The van der Waals surface area contributed by atoms with Crippen molar-refractivity contribution in [2.75, 3.05) is 7.05 Å². The van der Waals surface area contributed by atoms with Crippen LogP contribution in [0.5, 0.6) is 0 Å². The Morgan fingerprint density at radius 1 is 1.33 bits per heavy atom. The van der Waals surface area contributed by atoms with Crippen LogP contribution in [-0.4, -0.2) is 23.9 Å². The molecule has 0 N–H and O–H groups in total. The van der Waals surface area contributed by atoms with Crippen LogP contribution in [-0.2, 0) is 4.79 Å². The summed E-state index contributed by atoms with van der Waals surface area (Å²) in [7, 11) is 1.86. The highest BCUT2D eigenvalue weighted by molar-refractivity contribution is 5.92. The van der Waals surface area contributed by atoms with Gasteiger partial charge in [0.15, 0.2) is 0 Å².